The van der Waals surface area contributed by atoms with Crippen LogP contribution >= 0.6 is 22.9 Å². The minimum Gasteiger partial charge on any atom is -0.462 e. The number of carbonyl (C=O) groups is 2. The third kappa shape index (κ3) is 4.95. The summed E-state index contributed by atoms with van der Waals surface area (Å²) in [5, 5.41) is 14.8. The van der Waals surface area contributed by atoms with Crippen LogP contribution < -0.4 is 5.32 Å². The summed E-state index contributed by atoms with van der Waals surface area (Å²) in [6.07, 6.45) is 1.49. The summed E-state index contributed by atoms with van der Waals surface area (Å²) in [5.74, 6) is -1.15. The minimum atomic E-state index is -0.601. The van der Waals surface area contributed by atoms with Gasteiger partial charge in [0.2, 0.25) is 0 Å². The Morgan fingerprint density at radius 2 is 1.87 bits per heavy atom. The number of anilines is 1. The van der Waals surface area contributed by atoms with Crippen LogP contribution in [0.1, 0.15) is 22.8 Å². The van der Waals surface area contributed by atoms with Crippen LogP contribution in [0.3, 0.4) is 0 Å². The zero-order valence-electron chi connectivity index (χ0n) is 16.0. The summed E-state index contributed by atoms with van der Waals surface area (Å²) >= 11 is 7.15. The number of thiophene rings is 1. The van der Waals surface area contributed by atoms with Gasteiger partial charge in [0.1, 0.15) is 22.2 Å². The monoisotopic (exact) mass is 436 g/mol. The van der Waals surface area contributed by atoms with Crippen LogP contribution in [0.15, 0.2) is 65.6 Å². The van der Waals surface area contributed by atoms with E-state index in [1.54, 1.807) is 48.7 Å². The van der Waals surface area contributed by atoms with Crippen molar-refractivity contribution in [1.29, 1.82) is 5.26 Å². The van der Waals surface area contributed by atoms with Gasteiger partial charge in [0.15, 0.2) is 0 Å². The summed E-state index contributed by atoms with van der Waals surface area (Å²) in [5.41, 5.74) is 2.28. The topological polar surface area (TPSA) is 79.2 Å². The molecule has 0 radical (unpaired) electrons. The number of ether oxygens (including phenoxy) is 1. The van der Waals surface area contributed by atoms with Crippen LogP contribution in [0.4, 0.5) is 5.00 Å². The van der Waals surface area contributed by atoms with Crippen LogP contribution in [0.2, 0.25) is 5.02 Å². The molecule has 0 bridgehead atoms. The van der Waals surface area contributed by atoms with Gasteiger partial charge in [-0.2, -0.15) is 5.26 Å². The first-order chi connectivity index (χ1) is 14.5. The SMILES string of the molecule is CCOC(=O)c1c(-c2ccc(Cl)cc2)csc1NC(=O)C(C#N)=Cc1ccccc1. The normalized spacial score (nSPS) is 10.9. The molecule has 7 heteroatoms. The molecule has 0 unspecified atom stereocenters. The molecule has 5 nitrogen and oxygen atoms in total. The van der Waals surface area contributed by atoms with Crippen molar-refractivity contribution in [2.45, 2.75) is 6.92 Å². The van der Waals surface area contributed by atoms with Gasteiger partial charge in [-0.05, 0) is 36.3 Å². The molecule has 1 aromatic heterocycles. The van der Waals surface area contributed by atoms with E-state index in [4.69, 9.17) is 16.3 Å². The van der Waals surface area contributed by atoms with E-state index in [1.807, 2.05) is 24.3 Å². The quantitative estimate of drug-likeness (QED) is 0.301. The molecule has 0 fully saturated rings. The molecule has 1 heterocycles. The maximum atomic E-state index is 12.7. The average molecular weight is 437 g/mol. The standard InChI is InChI=1S/C23H17ClN2O3S/c1-2-29-23(28)20-19(16-8-10-18(24)11-9-16)14-30-22(20)26-21(27)17(13-25)12-15-6-4-3-5-7-15/h3-12,14H,2H2,1H3,(H,26,27). The van der Waals surface area contributed by atoms with Gasteiger partial charge in [-0.15, -0.1) is 11.3 Å². The second-order valence-corrected chi connectivity index (χ2v) is 7.43. The predicted octanol–water partition coefficient (Wildman–Crippen LogP) is 5.79. The molecular weight excluding hydrogens is 420 g/mol. The van der Waals surface area contributed by atoms with Crippen LogP contribution in [-0.4, -0.2) is 18.5 Å². The Kier molecular flexibility index (Phi) is 7.02. The van der Waals surface area contributed by atoms with Crippen LogP contribution in [0, 0.1) is 11.3 Å². The lowest BCUT2D eigenvalue weighted by molar-refractivity contribution is -0.112. The third-order valence-corrected chi connectivity index (χ3v) is 5.28. The van der Waals surface area contributed by atoms with E-state index in [0.29, 0.717) is 15.6 Å². The zero-order valence-corrected chi connectivity index (χ0v) is 17.6. The van der Waals surface area contributed by atoms with Crippen molar-refractivity contribution in [1.82, 2.24) is 0 Å². The van der Waals surface area contributed by atoms with Gasteiger partial charge in [-0.25, -0.2) is 4.79 Å². The number of rotatable bonds is 6. The van der Waals surface area contributed by atoms with Gasteiger partial charge < -0.3 is 10.1 Å². The molecule has 0 atom stereocenters. The van der Waals surface area contributed by atoms with Gasteiger partial charge in [-0.1, -0.05) is 54.1 Å². The minimum absolute atomic E-state index is 0.0718. The van der Waals surface area contributed by atoms with E-state index in [-0.39, 0.29) is 17.7 Å². The summed E-state index contributed by atoms with van der Waals surface area (Å²) < 4.78 is 5.19. The summed E-state index contributed by atoms with van der Waals surface area (Å²) in [7, 11) is 0. The number of esters is 1. The van der Waals surface area contributed by atoms with E-state index in [0.717, 1.165) is 11.1 Å². The lowest BCUT2D eigenvalue weighted by Crippen LogP contribution is -2.16. The van der Waals surface area contributed by atoms with Crippen molar-refractivity contribution in [3.05, 3.63) is 81.7 Å². The van der Waals surface area contributed by atoms with E-state index >= 15 is 0 Å². The highest BCUT2D eigenvalue weighted by Crippen LogP contribution is 2.37. The van der Waals surface area contributed by atoms with Crippen LogP contribution in [0.5, 0.6) is 0 Å². The zero-order chi connectivity index (χ0) is 21.5. The summed E-state index contributed by atoms with van der Waals surface area (Å²) in [6.45, 7) is 1.90. The molecule has 0 aliphatic heterocycles. The van der Waals surface area contributed by atoms with Crippen molar-refractivity contribution < 1.29 is 14.3 Å². The molecular formula is C23H17ClN2O3S. The predicted molar refractivity (Wildman–Crippen MR) is 119 cm³/mol. The largest absolute Gasteiger partial charge is 0.462 e. The number of hydrogen-bond donors (Lipinski definition) is 1. The second kappa shape index (κ2) is 9.88. The number of nitriles is 1. The highest BCUT2D eigenvalue weighted by Gasteiger charge is 2.23. The highest BCUT2D eigenvalue weighted by atomic mass is 35.5. The Hall–Kier alpha value is -3.40. The number of benzene rings is 2. The molecule has 0 saturated heterocycles. The van der Waals surface area contributed by atoms with Crippen molar-refractivity contribution >= 4 is 45.9 Å². The molecule has 0 aliphatic carbocycles. The molecule has 3 rings (SSSR count). The van der Waals surface area contributed by atoms with E-state index in [9.17, 15) is 14.9 Å². The van der Waals surface area contributed by atoms with Crippen LogP contribution in [-0.2, 0) is 9.53 Å². The van der Waals surface area contributed by atoms with Crippen molar-refractivity contribution in [3.8, 4) is 17.2 Å². The first-order valence-electron chi connectivity index (χ1n) is 9.06. The Labute approximate surface area is 183 Å². The number of halogens is 1. The number of hydrogen-bond acceptors (Lipinski definition) is 5. The van der Waals surface area contributed by atoms with Gasteiger partial charge >= 0.3 is 5.97 Å². The Morgan fingerprint density at radius 3 is 2.50 bits per heavy atom. The van der Waals surface area contributed by atoms with Crippen molar-refractivity contribution in [3.63, 3.8) is 0 Å². The van der Waals surface area contributed by atoms with Gasteiger partial charge in [0.25, 0.3) is 5.91 Å². The fraction of sp³-hybridized carbons (Fsp3) is 0.0870. The van der Waals surface area contributed by atoms with Crippen molar-refractivity contribution in [2.24, 2.45) is 0 Å². The highest BCUT2D eigenvalue weighted by molar-refractivity contribution is 7.15. The van der Waals surface area contributed by atoms with E-state index in [2.05, 4.69) is 5.32 Å². The first-order valence-corrected chi connectivity index (χ1v) is 10.3. The van der Waals surface area contributed by atoms with Gasteiger partial charge in [0.05, 0.1) is 6.61 Å². The average Bonchev–Trinajstić information content (AvgIpc) is 3.17. The molecule has 1 N–H and O–H groups in total. The molecule has 3 aromatic rings. The Bertz CT molecular complexity index is 1130. The van der Waals surface area contributed by atoms with Crippen LogP contribution in [0.25, 0.3) is 17.2 Å². The van der Waals surface area contributed by atoms with E-state index < -0.39 is 11.9 Å². The van der Waals surface area contributed by atoms with Gasteiger partial charge in [0, 0.05) is 16.0 Å². The number of nitrogens with one attached hydrogen (secondary N) is 1. The van der Waals surface area contributed by atoms with Gasteiger partial charge in [-0.3, -0.25) is 4.79 Å². The molecule has 150 valence electrons. The lowest BCUT2D eigenvalue weighted by atomic mass is 10.0. The Morgan fingerprint density at radius 1 is 1.17 bits per heavy atom. The molecule has 2 aromatic carbocycles. The summed E-state index contributed by atoms with van der Waals surface area (Å²) in [4.78, 5) is 25.3. The first kappa shape index (κ1) is 21.3. The number of nitrogens with zero attached hydrogens (tertiary/aromatic N) is 1. The van der Waals surface area contributed by atoms with E-state index in [1.165, 1.54) is 17.4 Å². The maximum absolute atomic E-state index is 12.7. The smallest absolute Gasteiger partial charge is 0.341 e. The summed E-state index contributed by atoms with van der Waals surface area (Å²) in [6, 6.07) is 18.0. The molecule has 0 saturated carbocycles. The molecule has 0 aliphatic rings. The maximum Gasteiger partial charge on any atom is 0.341 e. The fourth-order valence-corrected chi connectivity index (χ4v) is 3.81. The number of amides is 1. The third-order valence-electron chi connectivity index (χ3n) is 4.13. The van der Waals surface area contributed by atoms with Crippen molar-refractivity contribution in [2.75, 3.05) is 11.9 Å². The molecule has 30 heavy (non-hydrogen) atoms. The lowest BCUT2D eigenvalue weighted by Gasteiger charge is -2.09. The Balaban J connectivity index is 1.96. The molecule has 0 spiro atoms. The fourth-order valence-electron chi connectivity index (χ4n) is 2.73. The molecule has 1 amide bonds. The second-order valence-electron chi connectivity index (χ2n) is 6.12. The number of carbonyl (C=O) groups excluding carboxylic acids is 2.